The van der Waals surface area contributed by atoms with Crippen LogP contribution in [0.15, 0.2) is 12.2 Å². The van der Waals surface area contributed by atoms with Gasteiger partial charge in [-0.2, -0.15) is 0 Å². The molecule has 0 heterocycles. The maximum atomic E-state index is 12.1. The molecular formula is C18H31O6-. The Kier molecular flexibility index (Phi) is 12.2. The average molecular weight is 343 g/mol. The number of esters is 1. The van der Waals surface area contributed by atoms with Crippen LogP contribution in [0.1, 0.15) is 58.8 Å². The lowest BCUT2D eigenvalue weighted by Gasteiger charge is -2.28. The standard InChI is InChI=1S/C18H32O6/c1-3-5-6-7-8-9-10-15(11-16(21)22)17(23)24-14-18(4-2,12-19)13-20/h9-10,15,19-20H,3-8,11-14H2,1-2H3,(H,21,22)/p-1. The monoisotopic (exact) mass is 343 g/mol. The molecule has 0 bridgehead atoms. The third-order valence-corrected chi connectivity index (χ3v) is 4.22. The zero-order valence-corrected chi connectivity index (χ0v) is 14.8. The van der Waals surface area contributed by atoms with Crippen molar-refractivity contribution in [3.63, 3.8) is 0 Å². The van der Waals surface area contributed by atoms with Crippen LogP contribution in [-0.2, 0) is 14.3 Å². The van der Waals surface area contributed by atoms with Crippen LogP contribution in [0.5, 0.6) is 0 Å². The molecule has 24 heavy (non-hydrogen) atoms. The molecule has 140 valence electrons. The zero-order chi connectivity index (χ0) is 18.4. The van der Waals surface area contributed by atoms with Crippen LogP contribution in [0.25, 0.3) is 0 Å². The first-order valence-corrected chi connectivity index (χ1v) is 8.69. The summed E-state index contributed by atoms with van der Waals surface area (Å²) in [5.41, 5.74) is -0.897. The molecule has 0 aromatic heterocycles. The largest absolute Gasteiger partial charge is 0.550 e. The van der Waals surface area contributed by atoms with Gasteiger partial charge in [0.15, 0.2) is 0 Å². The number of aliphatic hydroxyl groups excluding tert-OH is 2. The van der Waals surface area contributed by atoms with Gasteiger partial charge in [0, 0.05) is 12.4 Å². The number of aliphatic carboxylic acids is 1. The summed E-state index contributed by atoms with van der Waals surface area (Å²) in [6.07, 6.45) is 8.51. The summed E-state index contributed by atoms with van der Waals surface area (Å²) in [5.74, 6) is -2.91. The van der Waals surface area contributed by atoms with Gasteiger partial charge in [-0.1, -0.05) is 45.3 Å². The van der Waals surface area contributed by atoms with Crippen molar-refractivity contribution in [1.29, 1.82) is 0 Å². The molecule has 0 saturated carbocycles. The number of hydrogen-bond acceptors (Lipinski definition) is 6. The highest BCUT2D eigenvalue weighted by molar-refractivity contribution is 5.80. The topological polar surface area (TPSA) is 107 Å². The fraction of sp³-hybridized carbons (Fsp3) is 0.778. The molecule has 1 unspecified atom stereocenters. The van der Waals surface area contributed by atoms with Gasteiger partial charge in [-0.05, 0) is 19.3 Å². The number of unbranched alkanes of at least 4 members (excludes halogenated alkanes) is 4. The van der Waals surface area contributed by atoms with Gasteiger partial charge >= 0.3 is 5.97 Å². The van der Waals surface area contributed by atoms with Gasteiger partial charge < -0.3 is 24.9 Å². The van der Waals surface area contributed by atoms with E-state index in [2.05, 4.69) is 6.92 Å². The Balaban J connectivity index is 4.59. The summed E-state index contributed by atoms with van der Waals surface area (Å²) in [5, 5.41) is 29.5. The SMILES string of the molecule is CCCCCCC=CC(CC(=O)[O-])C(=O)OCC(CC)(CO)CO. The molecule has 6 heteroatoms. The lowest BCUT2D eigenvalue weighted by atomic mass is 9.88. The summed E-state index contributed by atoms with van der Waals surface area (Å²) in [4.78, 5) is 22.9. The molecule has 0 aromatic rings. The highest BCUT2D eigenvalue weighted by Gasteiger charge is 2.30. The van der Waals surface area contributed by atoms with Crippen molar-refractivity contribution in [1.82, 2.24) is 0 Å². The fourth-order valence-corrected chi connectivity index (χ4v) is 2.16. The van der Waals surface area contributed by atoms with E-state index >= 15 is 0 Å². The molecule has 0 amide bonds. The smallest absolute Gasteiger partial charge is 0.313 e. The summed E-state index contributed by atoms with van der Waals surface area (Å²) >= 11 is 0. The Morgan fingerprint density at radius 1 is 1.17 bits per heavy atom. The van der Waals surface area contributed by atoms with Crippen molar-refractivity contribution < 1.29 is 29.6 Å². The number of carbonyl (C=O) groups excluding carboxylic acids is 2. The van der Waals surface area contributed by atoms with Crippen LogP contribution in [0.2, 0.25) is 0 Å². The first-order chi connectivity index (χ1) is 11.4. The van der Waals surface area contributed by atoms with Crippen molar-refractivity contribution in [2.45, 2.75) is 58.8 Å². The molecule has 0 aliphatic heterocycles. The minimum absolute atomic E-state index is 0.150. The minimum Gasteiger partial charge on any atom is -0.550 e. The van der Waals surface area contributed by atoms with Gasteiger partial charge in [-0.15, -0.1) is 0 Å². The van der Waals surface area contributed by atoms with Crippen LogP contribution >= 0.6 is 0 Å². The normalized spacial score (nSPS) is 13.2. The molecule has 2 N–H and O–H groups in total. The average Bonchev–Trinajstić information content (AvgIpc) is 2.58. The molecule has 0 rings (SSSR count). The maximum Gasteiger partial charge on any atom is 0.313 e. The van der Waals surface area contributed by atoms with Crippen LogP contribution < -0.4 is 5.11 Å². The molecule has 0 spiro atoms. The number of carboxylic acids is 1. The van der Waals surface area contributed by atoms with Crippen LogP contribution in [0.4, 0.5) is 0 Å². The lowest BCUT2D eigenvalue weighted by molar-refractivity contribution is -0.306. The van der Waals surface area contributed by atoms with Crippen molar-refractivity contribution >= 4 is 11.9 Å². The summed E-state index contributed by atoms with van der Waals surface area (Å²) in [7, 11) is 0. The number of allylic oxidation sites excluding steroid dienone is 1. The molecule has 0 aliphatic rings. The van der Waals surface area contributed by atoms with Crippen molar-refractivity contribution in [2.24, 2.45) is 11.3 Å². The highest BCUT2D eigenvalue weighted by atomic mass is 16.5. The highest BCUT2D eigenvalue weighted by Crippen LogP contribution is 2.22. The number of rotatable bonds is 14. The quantitative estimate of drug-likeness (QED) is 0.279. The number of ether oxygens (including phenoxy) is 1. The van der Waals surface area contributed by atoms with Gasteiger partial charge in [0.2, 0.25) is 0 Å². The number of aliphatic hydroxyl groups is 2. The number of hydrogen-bond donors (Lipinski definition) is 2. The van der Waals surface area contributed by atoms with Gasteiger partial charge in [-0.3, -0.25) is 4.79 Å². The Morgan fingerprint density at radius 2 is 1.83 bits per heavy atom. The second-order valence-electron chi connectivity index (χ2n) is 6.24. The zero-order valence-electron chi connectivity index (χ0n) is 14.8. The van der Waals surface area contributed by atoms with E-state index in [4.69, 9.17) is 4.74 Å². The minimum atomic E-state index is -1.32. The molecular weight excluding hydrogens is 312 g/mol. The summed E-state index contributed by atoms with van der Waals surface area (Å²) in [6, 6.07) is 0. The van der Waals surface area contributed by atoms with E-state index in [0.717, 1.165) is 32.1 Å². The van der Waals surface area contributed by atoms with E-state index in [0.29, 0.717) is 6.42 Å². The molecule has 6 nitrogen and oxygen atoms in total. The van der Waals surface area contributed by atoms with E-state index in [-0.39, 0.29) is 19.8 Å². The maximum absolute atomic E-state index is 12.1. The van der Waals surface area contributed by atoms with Gasteiger partial charge in [0.05, 0.1) is 24.5 Å². The van der Waals surface area contributed by atoms with E-state index < -0.39 is 29.7 Å². The molecule has 0 fully saturated rings. The van der Waals surface area contributed by atoms with Crippen LogP contribution in [0.3, 0.4) is 0 Å². The van der Waals surface area contributed by atoms with Crippen molar-refractivity contribution in [2.75, 3.05) is 19.8 Å². The lowest BCUT2D eigenvalue weighted by Crippen LogP contribution is -2.37. The third kappa shape index (κ3) is 9.03. The van der Waals surface area contributed by atoms with Crippen molar-refractivity contribution in [3.05, 3.63) is 12.2 Å². The van der Waals surface area contributed by atoms with E-state index in [1.165, 1.54) is 0 Å². The van der Waals surface area contributed by atoms with E-state index in [1.54, 1.807) is 19.1 Å². The third-order valence-electron chi connectivity index (χ3n) is 4.22. The predicted molar refractivity (Wildman–Crippen MR) is 88.9 cm³/mol. The molecule has 0 aromatic carbocycles. The molecule has 0 radical (unpaired) electrons. The fourth-order valence-electron chi connectivity index (χ4n) is 2.16. The Morgan fingerprint density at radius 3 is 2.33 bits per heavy atom. The Bertz CT molecular complexity index is 379. The second kappa shape index (κ2) is 13.0. The van der Waals surface area contributed by atoms with Crippen LogP contribution in [-0.4, -0.2) is 42.0 Å². The number of carbonyl (C=O) groups is 2. The van der Waals surface area contributed by atoms with Gasteiger partial charge in [0.25, 0.3) is 0 Å². The molecule has 1 atom stereocenters. The summed E-state index contributed by atoms with van der Waals surface area (Å²) < 4.78 is 5.14. The first-order valence-electron chi connectivity index (χ1n) is 8.69. The summed E-state index contributed by atoms with van der Waals surface area (Å²) in [6.45, 7) is 3.12. The molecule has 0 saturated heterocycles. The molecule has 0 aliphatic carbocycles. The van der Waals surface area contributed by atoms with Gasteiger partial charge in [-0.25, -0.2) is 0 Å². The Hall–Kier alpha value is -1.40. The van der Waals surface area contributed by atoms with E-state index in [9.17, 15) is 24.9 Å². The van der Waals surface area contributed by atoms with E-state index in [1.807, 2.05) is 0 Å². The predicted octanol–water partition coefficient (Wildman–Crippen LogP) is 1.19. The first kappa shape index (κ1) is 22.6. The van der Waals surface area contributed by atoms with Crippen LogP contribution in [0, 0.1) is 11.3 Å². The second-order valence-corrected chi connectivity index (χ2v) is 6.24. The van der Waals surface area contributed by atoms with Crippen molar-refractivity contribution in [3.8, 4) is 0 Å². The van der Waals surface area contributed by atoms with Gasteiger partial charge in [0.1, 0.15) is 6.61 Å². The Labute approximate surface area is 144 Å². The number of carboxylic acid groups (broad SMARTS) is 1.